The summed E-state index contributed by atoms with van der Waals surface area (Å²) in [5, 5.41) is 8.01. The molecule has 0 saturated carbocycles. The van der Waals surface area contributed by atoms with Gasteiger partial charge in [-0.05, 0) is 57.7 Å². The van der Waals surface area contributed by atoms with Crippen LogP contribution in [0.25, 0.3) is 64.0 Å². The number of allylic oxidation sites excluding steroid dienone is 4. The van der Waals surface area contributed by atoms with E-state index in [1.54, 1.807) is 0 Å². The fraction of sp³-hybridized carbons (Fsp3) is 0.0732. The molecule has 43 heavy (non-hydrogen) atoms. The van der Waals surface area contributed by atoms with Gasteiger partial charge in [-0.3, -0.25) is 0 Å². The zero-order valence-corrected chi connectivity index (χ0v) is 24.7. The van der Waals surface area contributed by atoms with E-state index in [4.69, 9.17) is 0 Å². The Kier molecular flexibility index (Phi) is 5.48. The monoisotopic (exact) mass is 567 g/mol. The maximum absolute atomic E-state index is 2.51. The molecule has 2 unspecified atom stereocenters. The number of para-hydroxylation sites is 1. The standard InChI is InChI=1S/C41H29NS/c1-26-25-29(27-11-3-2-4-12-27)21-24-31(26)28-19-22-30(23-20-28)42-36-17-9-7-15-34(36)38-32-13-5-6-14-33(32)39-35-16-8-10-18-37(35)43-41(39)40(38)42/h2-26,31H,1H3. The third-order valence-electron chi connectivity index (χ3n) is 9.29. The second kappa shape index (κ2) is 9.55. The van der Waals surface area contributed by atoms with Gasteiger partial charge in [0, 0.05) is 37.9 Å². The first kappa shape index (κ1) is 24.7. The first-order chi connectivity index (χ1) is 21.3. The van der Waals surface area contributed by atoms with Crippen LogP contribution in [0.15, 0.2) is 146 Å². The van der Waals surface area contributed by atoms with Gasteiger partial charge in [0.2, 0.25) is 0 Å². The summed E-state index contributed by atoms with van der Waals surface area (Å²) < 4.78 is 5.20. The molecular formula is C41H29NS. The lowest BCUT2D eigenvalue weighted by molar-refractivity contribution is 0.637. The van der Waals surface area contributed by atoms with Crippen LogP contribution in [-0.4, -0.2) is 4.57 Å². The molecule has 0 amide bonds. The van der Waals surface area contributed by atoms with Crippen molar-refractivity contribution in [1.82, 2.24) is 4.57 Å². The van der Waals surface area contributed by atoms with Crippen LogP contribution in [0, 0.1) is 5.92 Å². The number of hydrogen-bond donors (Lipinski definition) is 0. The van der Waals surface area contributed by atoms with Gasteiger partial charge in [-0.2, -0.15) is 0 Å². The summed E-state index contributed by atoms with van der Waals surface area (Å²) in [5.41, 5.74) is 7.72. The molecule has 1 aliphatic carbocycles. The fourth-order valence-corrected chi connectivity index (χ4v) is 8.56. The lowest BCUT2D eigenvalue weighted by Gasteiger charge is -2.24. The van der Waals surface area contributed by atoms with E-state index in [2.05, 4.69) is 157 Å². The lowest BCUT2D eigenvalue weighted by atomic mass is 9.81. The number of fused-ring (bicyclic) bond motifs is 10. The molecule has 0 aliphatic heterocycles. The Morgan fingerprint density at radius 2 is 1.26 bits per heavy atom. The van der Waals surface area contributed by atoms with E-state index in [1.165, 1.54) is 75.1 Å². The van der Waals surface area contributed by atoms with Gasteiger partial charge in [0.25, 0.3) is 0 Å². The Morgan fingerprint density at radius 1 is 0.605 bits per heavy atom. The van der Waals surface area contributed by atoms with Gasteiger partial charge in [0.1, 0.15) is 0 Å². The quantitative estimate of drug-likeness (QED) is 0.200. The minimum Gasteiger partial charge on any atom is -0.308 e. The predicted octanol–water partition coefficient (Wildman–Crippen LogP) is 11.7. The van der Waals surface area contributed by atoms with Gasteiger partial charge in [-0.15, -0.1) is 11.3 Å². The van der Waals surface area contributed by atoms with Crippen LogP contribution >= 0.6 is 11.3 Å². The van der Waals surface area contributed by atoms with Crippen molar-refractivity contribution in [3.63, 3.8) is 0 Å². The number of aromatic nitrogens is 1. The summed E-state index contributed by atoms with van der Waals surface area (Å²) in [7, 11) is 0. The van der Waals surface area contributed by atoms with Crippen LogP contribution in [0.2, 0.25) is 0 Å². The molecule has 1 aliphatic rings. The summed E-state index contributed by atoms with van der Waals surface area (Å²) in [6.07, 6.45) is 7.10. The number of rotatable bonds is 3. The first-order valence-corrected chi connectivity index (χ1v) is 15.9. The topological polar surface area (TPSA) is 4.93 Å². The van der Waals surface area contributed by atoms with Crippen LogP contribution in [-0.2, 0) is 0 Å². The Hall–Kier alpha value is -4.92. The molecule has 8 aromatic rings. The normalized spacial score (nSPS) is 17.0. The highest BCUT2D eigenvalue weighted by atomic mass is 32.1. The number of nitrogens with zero attached hydrogens (tertiary/aromatic N) is 1. The van der Waals surface area contributed by atoms with E-state index in [0.717, 1.165) is 0 Å². The fourth-order valence-electron chi connectivity index (χ4n) is 7.30. The maximum atomic E-state index is 2.51. The molecule has 1 nitrogen and oxygen atoms in total. The van der Waals surface area contributed by atoms with Crippen molar-refractivity contribution in [2.75, 3.05) is 0 Å². The van der Waals surface area contributed by atoms with E-state index >= 15 is 0 Å². The summed E-state index contributed by atoms with van der Waals surface area (Å²) in [4.78, 5) is 0. The van der Waals surface area contributed by atoms with E-state index in [-0.39, 0.29) is 0 Å². The van der Waals surface area contributed by atoms with Crippen molar-refractivity contribution < 1.29 is 0 Å². The minimum atomic E-state index is 0.359. The van der Waals surface area contributed by atoms with Crippen molar-refractivity contribution >= 4 is 69.7 Å². The second-order valence-electron chi connectivity index (χ2n) is 11.7. The van der Waals surface area contributed by atoms with Crippen molar-refractivity contribution in [1.29, 1.82) is 0 Å². The number of hydrogen-bond acceptors (Lipinski definition) is 1. The van der Waals surface area contributed by atoms with Crippen molar-refractivity contribution in [2.24, 2.45) is 5.92 Å². The highest BCUT2D eigenvalue weighted by molar-refractivity contribution is 7.27. The van der Waals surface area contributed by atoms with Crippen LogP contribution in [0.5, 0.6) is 0 Å². The average Bonchev–Trinajstić information content (AvgIpc) is 3.62. The molecule has 0 bridgehead atoms. The third-order valence-corrected chi connectivity index (χ3v) is 10.5. The van der Waals surface area contributed by atoms with Gasteiger partial charge >= 0.3 is 0 Å². The molecule has 0 saturated heterocycles. The molecule has 2 aromatic heterocycles. The molecule has 2 heterocycles. The van der Waals surface area contributed by atoms with E-state index in [0.29, 0.717) is 11.8 Å². The van der Waals surface area contributed by atoms with E-state index < -0.39 is 0 Å². The molecule has 6 aromatic carbocycles. The van der Waals surface area contributed by atoms with Gasteiger partial charge in [0.05, 0.1) is 15.7 Å². The maximum Gasteiger partial charge on any atom is 0.0726 e. The molecule has 0 spiro atoms. The Balaban J connectivity index is 1.25. The number of benzene rings is 6. The molecular weight excluding hydrogens is 539 g/mol. The highest BCUT2D eigenvalue weighted by Crippen LogP contribution is 2.47. The third kappa shape index (κ3) is 3.70. The summed E-state index contributed by atoms with van der Waals surface area (Å²) in [5.74, 6) is 0.779. The van der Waals surface area contributed by atoms with Gasteiger partial charge in [-0.25, -0.2) is 0 Å². The first-order valence-electron chi connectivity index (χ1n) is 15.1. The van der Waals surface area contributed by atoms with Gasteiger partial charge in [-0.1, -0.05) is 128 Å². The summed E-state index contributed by atoms with van der Waals surface area (Å²) in [6, 6.07) is 46.8. The minimum absolute atomic E-state index is 0.359. The molecule has 0 N–H and O–H groups in total. The van der Waals surface area contributed by atoms with Crippen LogP contribution in [0.4, 0.5) is 0 Å². The smallest absolute Gasteiger partial charge is 0.0726 e. The van der Waals surface area contributed by atoms with Crippen LogP contribution < -0.4 is 0 Å². The Morgan fingerprint density at radius 3 is 2.02 bits per heavy atom. The van der Waals surface area contributed by atoms with Gasteiger partial charge < -0.3 is 4.57 Å². The average molecular weight is 568 g/mol. The largest absolute Gasteiger partial charge is 0.308 e. The molecule has 9 rings (SSSR count). The van der Waals surface area contributed by atoms with Crippen molar-refractivity contribution in [3.8, 4) is 5.69 Å². The zero-order chi connectivity index (χ0) is 28.5. The van der Waals surface area contributed by atoms with Crippen LogP contribution in [0.1, 0.15) is 24.0 Å². The molecule has 2 heteroatoms. The lowest BCUT2D eigenvalue weighted by Crippen LogP contribution is -2.09. The Bertz CT molecular complexity index is 2400. The van der Waals surface area contributed by atoms with Crippen LogP contribution in [0.3, 0.4) is 0 Å². The van der Waals surface area contributed by atoms with Crippen molar-refractivity contribution in [2.45, 2.75) is 12.8 Å². The van der Waals surface area contributed by atoms with Gasteiger partial charge in [0.15, 0.2) is 0 Å². The predicted molar refractivity (Wildman–Crippen MR) is 187 cm³/mol. The molecule has 0 fully saturated rings. The summed E-state index contributed by atoms with van der Waals surface area (Å²) in [6.45, 7) is 2.33. The van der Waals surface area contributed by atoms with Crippen molar-refractivity contribution in [3.05, 3.63) is 157 Å². The molecule has 2 atom stereocenters. The number of thiophene rings is 1. The zero-order valence-electron chi connectivity index (χ0n) is 23.9. The Labute approximate surface area is 254 Å². The second-order valence-corrected chi connectivity index (χ2v) is 12.8. The SMILES string of the molecule is CC1C=C(c2ccccc2)C=CC1c1ccc(-n2c3ccccc3c3c4ccccc4c4c5ccccc5sc4c32)cc1. The van der Waals surface area contributed by atoms with E-state index in [1.807, 2.05) is 11.3 Å². The van der Waals surface area contributed by atoms with E-state index in [9.17, 15) is 0 Å². The molecule has 0 radical (unpaired) electrons. The molecule has 204 valence electrons. The highest BCUT2D eigenvalue weighted by Gasteiger charge is 2.23. The summed E-state index contributed by atoms with van der Waals surface area (Å²) >= 11 is 1.92.